The molecule has 0 amide bonds. The lowest BCUT2D eigenvalue weighted by Gasteiger charge is -2.33. The second-order valence-corrected chi connectivity index (χ2v) is 9.29. The Morgan fingerprint density at radius 3 is 2.41 bits per heavy atom. The Hall–Kier alpha value is -1.80. The van der Waals surface area contributed by atoms with Crippen LogP contribution in [0.3, 0.4) is 0 Å². The van der Waals surface area contributed by atoms with E-state index in [0.717, 1.165) is 24.8 Å². The minimum Gasteiger partial charge on any atom is -0.492 e. The van der Waals surface area contributed by atoms with Crippen LogP contribution in [0.1, 0.15) is 25.7 Å². The number of hydrogen-bond acceptors (Lipinski definition) is 5. The highest BCUT2D eigenvalue weighted by Crippen LogP contribution is 2.29. The van der Waals surface area contributed by atoms with Gasteiger partial charge in [0.05, 0.1) is 11.4 Å². The molecule has 0 bridgehead atoms. The number of rotatable bonds is 7. The van der Waals surface area contributed by atoms with Gasteiger partial charge in [-0.2, -0.15) is 0 Å². The number of aliphatic imine (C=N–C) groups is 1. The summed E-state index contributed by atoms with van der Waals surface area (Å²) in [6.45, 7) is 3.44. The van der Waals surface area contributed by atoms with Gasteiger partial charge in [0.1, 0.15) is 12.4 Å². The third-order valence-electron chi connectivity index (χ3n) is 5.07. The molecule has 2 N–H and O–H groups in total. The third kappa shape index (κ3) is 6.10. The molecule has 8 heteroatoms. The predicted molar refractivity (Wildman–Crippen MR) is 107 cm³/mol. The standard InChI is InChI=1S/C19H30N4O3S/c1-20-19(22-15-9-12-23(13-10-15)16-3-4-16)21-11-14-26-17-5-7-18(8-6-17)27(2,24)25/h5-8,15-16H,3-4,9-14H2,1-2H3,(H2,20,21,22). The van der Waals surface area contributed by atoms with Crippen LogP contribution < -0.4 is 15.4 Å². The van der Waals surface area contributed by atoms with Crippen molar-refractivity contribution in [3.63, 3.8) is 0 Å². The number of benzene rings is 1. The molecule has 1 aliphatic heterocycles. The van der Waals surface area contributed by atoms with Crippen molar-refractivity contribution in [1.82, 2.24) is 15.5 Å². The zero-order valence-corrected chi connectivity index (χ0v) is 17.0. The first kappa shape index (κ1) is 19.9. The van der Waals surface area contributed by atoms with Crippen LogP contribution in [0.5, 0.6) is 5.75 Å². The summed E-state index contributed by atoms with van der Waals surface area (Å²) in [5.74, 6) is 1.45. The van der Waals surface area contributed by atoms with Crippen LogP contribution in [0.15, 0.2) is 34.2 Å². The summed E-state index contributed by atoms with van der Waals surface area (Å²) in [6, 6.07) is 7.80. The van der Waals surface area contributed by atoms with Gasteiger partial charge in [-0.05, 0) is 49.9 Å². The molecule has 0 atom stereocenters. The third-order valence-corrected chi connectivity index (χ3v) is 6.20. The molecule has 0 unspecified atom stereocenters. The van der Waals surface area contributed by atoms with E-state index in [1.54, 1.807) is 31.3 Å². The molecule has 0 spiro atoms. The fourth-order valence-corrected chi connectivity index (χ4v) is 3.99. The van der Waals surface area contributed by atoms with Crippen molar-refractivity contribution in [2.45, 2.75) is 42.7 Å². The average molecular weight is 395 g/mol. The van der Waals surface area contributed by atoms with Gasteiger partial charge in [-0.1, -0.05) is 0 Å². The van der Waals surface area contributed by atoms with Gasteiger partial charge in [-0.3, -0.25) is 4.99 Å². The van der Waals surface area contributed by atoms with Gasteiger partial charge >= 0.3 is 0 Å². The number of guanidine groups is 1. The van der Waals surface area contributed by atoms with Crippen LogP contribution in [0, 0.1) is 0 Å². The minimum absolute atomic E-state index is 0.297. The zero-order valence-electron chi connectivity index (χ0n) is 16.1. The quantitative estimate of drug-likeness (QED) is 0.412. The fourth-order valence-electron chi connectivity index (χ4n) is 3.36. The van der Waals surface area contributed by atoms with Gasteiger partial charge in [-0.25, -0.2) is 8.42 Å². The highest BCUT2D eigenvalue weighted by atomic mass is 32.2. The van der Waals surface area contributed by atoms with E-state index in [-0.39, 0.29) is 0 Å². The van der Waals surface area contributed by atoms with Gasteiger partial charge < -0.3 is 20.3 Å². The number of piperidine rings is 1. The first-order valence-corrected chi connectivity index (χ1v) is 11.5. The summed E-state index contributed by atoms with van der Waals surface area (Å²) in [5.41, 5.74) is 0. The fraction of sp³-hybridized carbons (Fsp3) is 0.632. The Balaban J connectivity index is 1.35. The maximum absolute atomic E-state index is 11.5. The number of likely N-dealkylation sites (tertiary alicyclic amines) is 1. The highest BCUT2D eigenvalue weighted by molar-refractivity contribution is 7.90. The molecule has 1 saturated carbocycles. The van der Waals surface area contributed by atoms with Crippen molar-refractivity contribution in [2.24, 2.45) is 4.99 Å². The molecule has 2 fully saturated rings. The molecule has 1 aromatic rings. The topological polar surface area (TPSA) is 83.0 Å². The van der Waals surface area contributed by atoms with Crippen molar-refractivity contribution < 1.29 is 13.2 Å². The molecule has 0 radical (unpaired) electrons. The molecule has 0 aromatic heterocycles. The number of nitrogens with one attached hydrogen (secondary N) is 2. The normalized spacial score (nSPS) is 19.7. The van der Waals surface area contributed by atoms with Crippen LogP contribution in [-0.4, -0.2) is 70.9 Å². The Bertz CT molecular complexity index is 737. The minimum atomic E-state index is -3.17. The maximum atomic E-state index is 11.5. The second-order valence-electron chi connectivity index (χ2n) is 7.28. The van der Waals surface area contributed by atoms with Crippen LogP contribution >= 0.6 is 0 Å². The lowest BCUT2D eigenvalue weighted by molar-refractivity contribution is 0.197. The molecular formula is C19H30N4O3S. The molecule has 1 aliphatic carbocycles. The van der Waals surface area contributed by atoms with Crippen LogP contribution in [0.4, 0.5) is 0 Å². The van der Waals surface area contributed by atoms with E-state index >= 15 is 0 Å². The predicted octanol–water partition coefficient (Wildman–Crippen LogP) is 1.26. The van der Waals surface area contributed by atoms with E-state index in [1.165, 1.54) is 32.2 Å². The summed E-state index contributed by atoms with van der Waals surface area (Å²) in [5, 5.41) is 6.77. The zero-order chi connectivity index (χ0) is 19.3. The van der Waals surface area contributed by atoms with Crippen molar-refractivity contribution in [3.05, 3.63) is 24.3 Å². The van der Waals surface area contributed by atoms with Gasteiger partial charge in [0.25, 0.3) is 0 Å². The molecular weight excluding hydrogens is 364 g/mol. The molecule has 1 heterocycles. The second kappa shape index (κ2) is 8.93. The lowest BCUT2D eigenvalue weighted by atomic mass is 10.1. The Labute approximate surface area is 162 Å². The lowest BCUT2D eigenvalue weighted by Crippen LogP contribution is -2.49. The van der Waals surface area contributed by atoms with E-state index in [4.69, 9.17) is 4.74 Å². The Morgan fingerprint density at radius 1 is 1.19 bits per heavy atom. The van der Waals surface area contributed by atoms with E-state index in [0.29, 0.717) is 29.8 Å². The van der Waals surface area contributed by atoms with E-state index in [1.807, 2.05) is 0 Å². The Kier molecular flexibility index (Phi) is 6.59. The number of hydrogen-bond donors (Lipinski definition) is 2. The van der Waals surface area contributed by atoms with E-state index in [2.05, 4.69) is 20.5 Å². The van der Waals surface area contributed by atoms with Crippen LogP contribution in [-0.2, 0) is 9.84 Å². The maximum Gasteiger partial charge on any atom is 0.191 e. The largest absolute Gasteiger partial charge is 0.492 e. The van der Waals surface area contributed by atoms with Crippen LogP contribution in [0.2, 0.25) is 0 Å². The van der Waals surface area contributed by atoms with Crippen molar-refractivity contribution in [2.75, 3.05) is 39.5 Å². The monoisotopic (exact) mass is 394 g/mol. The number of sulfone groups is 1. The summed E-state index contributed by atoms with van der Waals surface area (Å²) in [6.07, 6.45) is 6.25. The molecule has 1 saturated heterocycles. The highest BCUT2D eigenvalue weighted by Gasteiger charge is 2.31. The number of nitrogens with zero attached hydrogens (tertiary/aromatic N) is 2. The molecule has 27 heavy (non-hydrogen) atoms. The van der Waals surface area contributed by atoms with Crippen molar-refractivity contribution >= 4 is 15.8 Å². The molecule has 3 rings (SSSR count). The van der Waals surface area contributed by atoms with Crippen molar-refractivity contribution in [1.29, 1.82) is 0 Å². The first-order valence-electron chi connectivity index (χ1n) is 9.60. The first-order chi connectivity index (χ1) is 13.0. The summed E-state index contributed by atoms with van der Waals surface area (Å²) >= 11 is 0. The van der Waals surface area contributed by atoms with E-state index < -0.39 is 9.84 Å². The molecule has 7 nitrogen and oxygen atoms in total. The number of ether oxygens (including phenoxy) is 1. The van der Waals surface area contributed by atoms with Gasteiger partial charge in [-0.15, -0.1) is 0 Å². The summed E-state index contributed by atoms with van der Waals surface area (Å²) < 4.78 is 28.6. The smallest absolute Gasteiger partial charge is 0.191 e. The van der Waals surface area contributed by atoms with Gasteiger partial charge in [0.2, 0.25) is 0 Å². The summed E-state index contributed by atoms with van der Waals surface area (Å²) in [4.78, 5) is 7.20. The summed E-state index contributed by atoms with van der Waals surface area (Å²) in [7, 11) is -1.40. The molecule has 150 valence electrons. The van der Waals surface area contributed by atoms with Gasteiger partial charge in [0.15, 0.2) is 15.8 Å². The molecule has 2 aliphatic rings. The van der Waals surface area contributed by atoms with E-state index in [9.17, 15) is 8.42 Å². The van der Waals surface area contributed by atoms with Gasteiger partial charge in [0, 0.05) is 38.5 Å². The van der Waals surface area contributed by atoms with Crippen LogP contribution in [0.25, 0.3) is 0 Å². The SMILES string of the molecule is CN=C(NCCOc1ccc(S(C)(=O)=O)cc1)NC1CCN(C2CC2)CC1. The average Bonchev–Trinajstić information content (AvgIpc) is 3.49. The Morgan fingerprint density at radius 2 is 1.85 bits per heavy atom. The molecule has 1 aromatic carbocycles. The van der Waals surface area contributed by atoms with Crippen molar-refractivity contribution in [3.8, 4) is 5.75 Å².